The third-order valence-electron chi connectivity index (χ3n) is 3.47. The highest BCUT2D eigenvalue weighted by molar-refractivity contribution is 5.33. The van der Waals surface area contributed by atoms with Crippen molar-refractivity contribution in [2.75, 3.05) is 6.54 Å². The van der Waals surface area contributed by atoms with Crippen molar-refractivity contribution >= 4 is 0 Å². The van der Waals surface area contributed by atoms with Gasteiger partial charge in [-0.15, -0.1) is 0 Å². The van der Waals surface area contributed by atoms with Crippen LogP contribution in [0.5, 0.6) is 5.75 Å². The molecule has 1 atom stereocenters. The zero-order chi connectivity index (χ0) is 12.8. The Bertz CT molecular complexity index is 360. The molecule has 0 heterocycles. The van der Waals surface area contributed by atoms with E-state index in [1.165, 1.54) is 24.8 Å². The van der Waals surface area contributed by atoms with Crippen molar-refractivity contribution in [2.45, 2.75) is 58.1 Å². The Morgan fingerprint density at radius 2 is 2.06 bits per heavy atom. The van der Waals surface area contributed by atoms with E-state index in [2.05, 4.69) is 43.4 Å². The van der Waals surface area contributed by atoms with Crippen LogP contribution in [0.4, 0.5) is 0 Å². The summed E-state index contributed by atoms with van der Waals surface area (Å²) in [6.07, 6.45) is 6.31. The molecule has 0 amide bonds. The third kappa shape index (κ3) is 4.02. The number of aryl methyl sites for hydroxylation is 1. The van der Waals surface area contributed by atoms with E-state index in [1.807, 2.05) is 0 Å². The SMILES string of the molecule is CCCC(CNC1CC1)Oc1ccccc1CC. The van der Waals surface area contributed by atoms with Gasteiger partial charge in [-0.05, 0) is 37.3 Å². The summed E-state index contributed by atoms with van der Waals surface area (Å²) in [6, 6.07) is 9.16. The van der Waals surface area contributed by atoms with Crippen LogP contribution in [-0.2, 0) is 6.42 Å². The smallest absolute Gasteiger partial charge is 0.122 e. The van der Waals surface area contributed by atoms with Gasteiger partial charge in [0, 0.05) is 12.6 Å². The molecule has 2 nitrogen and oxygen atoms in total. The Hall–Kier alpha value is -1.02. The molecule has 1 aromatic rings. The van der Waals surface area contributed by atoms with Gasteiger partial charge in [-0.2, -0.15) is 0 Å². The summed E-state index contributed by atoms with van der Waals surface area (Å²) in [6.45, 7) is 5.38. The monoisotopic (exact) mass is 247 g/mol. The predicted octanol–water partition coefficient (Wildman–Crippen LogP) is 3.55. The van der Waals surface area contributed by atoms with Gasteiger partial charge in [0.25, 0.3) is 0 Å². The van der Waals surface area contributed by atoms with Gasteiger partial charge < -0.3 is 10.1 Å². The third-order valence-corrected chi connectivity index (χ3v) is 3.47. The zero-order valence-electron chi connectivity index (χ0n) is 11.6. The van der Waals surface area contributed by atoms with Crippen LogP contribution in [0.1, 0.15) is 45.1 Å². The fraction of sp³-hybridized carbons (Fsp3) is 0.625. The molecule has 1 fully saturated rings. The van der Waals surface area contributed by atoms with Crippen LogP contribution in [0.2, 0.25) is 0 Å². The zero-order valence-corrected chi connectivity index (χ0v) is 11.6. The van der Waals surface area contributed by atoms with Gasteiger partial charge in [0.2, 0.25) is 0 Å². The highest BCUT2D eigenvalue weighted by atomic mass is 16.5. The second-order valence-corrected chi connectivity index (χ2v) is 5.17. The first-order chi connectivity index (χ1) is 8.83. The van der Waals surface area contributed by atoms with Gasteiger partial charge in [0.1, 0.15) is 11.9 Å². The summed E-state index contributed by atoms with van der Waals surface area (Å²) < 4.78 is 6.19. The van der Waals surface area contributed by atoms with Crippen molar-refractivity contribution in [1.82, 2.24) is 5.32 Å². The van der Waals surface area contributed by atoms with E-state index in [1.54, 1.807) is 0 Å². The molecule has 1 aliphatic rings. The van der Waals surface area contributed by atoms with Crippen LogP contribution in [0.15, 0.2) is 24.3 Å². The van der Waals surface area contributed by atoms with Gasteiger partial charge in [0.05, 0.1) is 0 Å². The number of hydrogen-bond acceptors (Lipinski definition) is 2. The molecule has 1 N–H and O–H groups in total. The molecule has 1 aromatic carbocycles. The minimum absolute atomic E-state index is 0.309. The lowest BCUT2D eigenvalue weighted by molar-refractivity contribution is 0.184. The normalized spacial score (nSPS) is 16.6. The molecule has 1 aliphatic carbocycles. The largest absolute Gasteiger partial charge is 0.489 e. The van der Waals surface area contributed by atoms with Gasteiger partial charge in [-0.1, -0.05) is 38.5 Å². The Balaban J connectivity index is 1.92. The van der Waals surface area contributed by atoms with E-state index in [0.29, 0.717) is 6.10 Å². The quantitative estimate of drug-likeness (QED) is 0.758. The maximum absolute atomic E-state index is 6.19. The predicted molar refractivity (Wildman–Crippen MR) is 76.2 cm³/mol. The van der Waals surface area contributed by atoms with Gasteiger partial charge in [0.15, 0.2) is 0 Å². The number of para-hydroxylation sites is 1. The summed E-state index contributed by atoms with van der Waals surface area (Å²) in [4.78, 5) is 0. The maximum atomic E-state index is 6.19. The molecular formula is C16H25NO. The molecule has 0 aromatic heterocycles. The van der Waals surface area contributed by atoms with Gasteiger partial charge in [-0.3, -0.25) is 0 Å². The summed E-state index contributed by atoms with van der Waals surface area (Å²) in [5, 5.41) is 3.57. The van der Waals surface area contributed by atoms with Crippen molar-refractivity contribution in [3.05, 3.63) is 29.8 Å². The molecule has 2 heteroatoms. The Kier molecular flexibility index (Phi) is 5.06. The van der Waals surface area contributed by atoms with Crippen molar-refractivity contribution in [1.29, 1.82) is 0 Å². The van der Waals surface area contributed by atoms with Crippen molar-refractivity contribution in [3.63, 3.8) is 0 Å². The summed E-state index contributed by atoms with van der Waals surface area (Å²) in [5.41, 5.74) is 1.31. The fourth-order valence-corrected chi connectivity index (χ4v) is 2.20. The highest BCUT2D eigenvalue weighted by Crippen LogP contribution is 2.22. The number of benzene rings is 1. The van der Waals surface area contributed by atoms with Crippen LogP contribution >= 0.6 is 0 Å². The standard InChI is InChI=1S/C16H25NO/c1-3-7-15(12-17-14-10-11-14)18-16-9-6-5-8-13(16)4-2/h5-6,8-9,14-15,17H,3-4,7,10-12H2,1-2H3. The minimum atomic E-state index is 0.309. The Labute approximate surface area is 111 Å². The molecule has 100 valence electrons. The van der Waals surface area contributed by atoms with Crippen LogP contribution in [0.25, 0.3) is 0 Å². The molecule has 0 radical (unpaired) electrons. The molecule has 0 bridgehead atoms. The first kappa shape index (κ1) is 13.4. The molecule has 2 rings (SSSR count). The topological polar surface area (TPSA) is 21.3 Å². The van der Waals surface area contributed by atoms with Gasteiger partial charge >= 0.3 is 0 Å². The second-order valence-electron chi connectivity index (χ2n) is 5.17. The molecular weight excluding hydrogens is 222 g/mol. The number of nitrogens with one attached hydrogen (secondary N) is 1. The van der Waals surface area contributed by atoms with Crippen molar-refractivity contribution in [3.8, 4) is 5.75 Å². The van der Waals surface area contributed by atoms with Crippen molar-refractivity contribution in [2.24, 2.45) is 0 Å². The van der Waals surface area contributed by atoms with E-state index in [4.69, 9.17) is 4.74 Å². The number of ether oxygens (including phenoxy) is 1. The summed E-state index contributed by atoms with van der Waals surface area (Å²) in [7, 11) is 0. The van der Waals surface area contributed by atoms with Crippen LogP contribution < -0.4 is 10.1 Å². The molecule has 1 saturated carbocycles. The highest BCUT2D eigenvalue weighted by Gasteiger charge is 2.22. The second kappa shape index (κ2) is 6.79. The van der Waals surface area contributed by atoms with E-state index >= 15 is 0 Å². The summed E-state index contributed by atoms with van der Waals surface area (Å²) >= 11 is 0. The maximum Gasteiger partial charge on any atom is 0.122 e. The fourth-order valence-electron chi connectivity index (χ4n) is 2.20. The van der Waals surface area contributed by atoms with Crippen molar-refractivity contribution < 1.29 is 4.74 Å². The lowest BCUT2D eigenvalue weighted by Crippen LogP contribution is -2.32. The lowest BCUT2D eigenvalue weighted by atomic mass is 10.1. The lowest BCUT2D eigenvalue weighted by Gasteiger charge is -2.21. The number of rotatable bonds is 8. The molecule has 0 saturated heterocycles. The van der Waals surface area contributed by atoms with E-state index in [0.717, 1.165) is 31.2 Å². The molecule has 0 aliphatic heterocycles. The van der Waals surface area contributed by atoms with E-state index in [-0.39, 0.29) is 0 Å². The van der Waals surface area contributed by atoms with Crippen LogP contribution in [0, 0.1) is 0 Å². The Morgan fingerprint density at radius 1 is 1.28 bits per heavy atom. The molecule has 18 heavy (non-hydrogen) atoms. The van der Waals surface area contributed by atoms with Crippen LogP contribution in [-0.4, -0.2) is 18.7 Å². The number of hydrogen-bond donors (Lipinski definition) is 1. The molecule has 0 spiro atoms. The average molecular weight is 247 g/mol. The Morgan fingerprint density at radius 3 is 2.72 bits per heavy atom. The average Bonchev–Trinajstić information content (AvgIpc) is 3.21. The first-order valence-electron chi connectivity index (χ1n) is 7.31. The molecule has 1 unspecified atom stereocenters. The minimum Gasteiger partial charge on any atom is -0.489 e. The van der Waals surface area contributed by atoms with E-state index in [9.17, 15) is 0 Å². The summed E-state index contributed by atoms with van der Waals surface area (Å²) in [5.74, 6) is 1.07. The van der Waals surface area contributed by atoms with Gasteiger partial charge in [-0.25, -0.2) is 0 Å². The van der Waals surface area contributed by atoms with Crippen LogP contribution in [0.3, 0.4) is 0 Å². The van der Waals surface area contributed by atoms with E-state index < -0.39 is 0 Å². The first-order valence-corrected chi connectivity index (χ1v) is 7.31.